The Labute approximate surface area is 153 Å². The zero-order valence-electron chi connectivity index (χ0n) is 14.6. The fourth-order valence-corrected chi connectivity index (χ4v) is 1.96. The molecule has 5 nitrogen and oxygen atoms in total. The van der Waals surface area contributed by atoms with E-state index >= 15 is 0 Å². The number of imide groups is 1. The van der Waals surface area contributed by atoms with E-state index in [1.54, 1.807) is 0 Å². The van der Waals surface area contributed by atoms with E-state index in [4.69, 9.17) is 0 Å². The minimum Gasteiger partial charge on any atom is -0.394 e. The van der Waals surface area contributed by atoms with Crippen LogP contribution in [0.25, 0.3) is 0 Å². The number of carbonyl (C=O) groups is 3. The third kappa shape index (κ3) is 8.26. The van der Waals surface area contributed by atoms with Gasteiger partial charge in [-0.3, -0.25) is 14.9 Å². The first kappa shape index (κ1) is 24.0. The van der Waals surface area contributed by atoms with E-state index in [0.29, 0.717) is 17.9 Å². The number of piperidine rings is 1. The van der Waals surface area contributed by atoms with Crippen LogP contribution < -0.4 is 10.6 Å². The molecule has 0 aromatic rings. The van der Waals surface area contributed by atoms with Crippen molar-refractivity contribution in [3.05, 3.63) is 23.8 Å². The number of amides is 3. The third-order valence-corrected chi connectivity index (χ3v) is 2.99. The number of hydrogen-bond acceptors (Lipinski definition) is 3. The van der Waals surface area contributed by atoms with Crippen LogP contribution in [0.3, 0.4) is 0 Å². The second kappa shape index (κ2) is 13.2. The Bertz CT molecular complexity index is 459. The molecule has 130 valence electrons. The Kier molecular flexibility index (Phi) is 13.8. The summed E-state index contributed by atoms with van der Waals surface area (Å²) in [6.07, 6.45) is 8.02. The smallest absolute Gasteiger partial charge is 0.248 e. The molecule has 1 aliphatic heterocycles. The molecule has 1 heterocycles. The Morgan fingerprint density at radius 3 is 2.39 bits per heavy atom. The molecule has 0 spiro atoms. The van der Waals surface area contributed by atoms with Gasteiger partial charge in [-0.25, -0.2) is 0 Å². The molecule has 2 rings (SSSR count). The fraction of sp³-hybridized carbons (Fsp3) is 0.588. The topological polar surface area (TPSA) is 75.3 Å². The van der Waals surface area contributed by atoms with E-state index < -0.39 is 11.9 Å². The molecule has 3 amide bonds. The van der Waals surface area contributed by atoms with Gasteiger partial charge in [-0.05, 0) is 6.42 Å². The van der Waals surface area contributed by atoms with Gasteiger partial charge in [0.1, 0.15) is 5.91 Å². The van der Waals surface area contributed by atoms with Gasteiger partial charge in [0.2, 0.25) is 11.8 Å². The molecule has 23 heavy (non-hydrogen) atoms. The Morgan fingerprint density at radius 1 is 1.26 bits per heavy atom. The van der Waals surface area contributed by atoms with Gasteiger partial charge in [-0.15, -0.1) is 11.6 Å². The van der Waals surface area contributed by atoms with Crippen LogP contribution in [0, 0.1) is 12.0 Å². The first-order chi connectivity index (χ1) is 10.6. The summed E-state index contributed by atoms with van der Waals surface area (Å²) in [5, 5.41) is 4.83. The summed E-state index contributed by atoms with van der Waals surface area (Å²) in [6, 6.07) is -0.630. The van der Waals surface area contributed by atoms with Gasteiger partial charge in [0.15, 0.2) is 0 Å². The molecule has 0 saturated carbocycles. The molecule has 0 bridgehead atoms. The van der Waals surface area contributed by atoms with E-state index in [2.05, 4.69) is 16.7 Å². The number of nitrogens with one attached hydrogen (secondary N) is 2. The van der Waals surface area contributed by atoms with Crippen molar-refractivity contribution in [1.29, 1.82) is 0 Å². The van der Waals surface area contributed by atoms with Crippen LogP contribution in [0.2, 0.25) is 0 Å². The minimum atomic E-state index is -0.630. The van der Waals surface area contributed by atoms with Crippen LogP contribution in [0.4, 0.5) is 0 Å². The molecule has 0 radical (unpaired) electrons. The van der Waals surface area contributed by atoms with Crippen LogP contribution in [0.5, 0.6) is 0 Å². The number of carbonyl (C=O) groups excluding carboxylic acids is 3. The van der Waals surface area contributed by atoms with Crippen molar-refractivity contribution in [3.8, 4) is 0 Å². The van der Waals surface area contributed by atoms with E-state index in [1.165, 1.54) is 0 Å². The molecule has 2 unspecified atom stereocenters. The Morgan fingerprint density at radius 2 is 1.87 bits per heavy atom. The summed E-state index contributed by atoms with van der Waals surface area (Å²) >= 11 is 0. The predicted octanol–water partition coefficient (Wildman–Crippen LogP) is 2.28. The van der Waals surface area contributed by atoms with Gasteiger partial charge in [-0.1, -0.05) is 47.0 Å². The average molecular weight is 491 g/mol. The monoisotopic (exact) mass is 491 g/mol. The molecule has 2 aliphatic rings. The van der Waals surface area contributed by atoms with Crippen molar-refractivity contribution < 1.29 is 35.4 Å². The van der Waals surface area contributed by atoms with Crippen molar-refractivity contribution >= 4 is 17.7 Å². The van der Waals surface area contributed by atoms with Gasteiger partial charge in [-0.2, -0.15) is 12.2 Å². The largest absolute Gasteiger partial charge is 0.394 e. The third-order valence-electron chi connectivity index (χ3n) is 2.99. The second-order valence-corrected chi connectivity index (χ2v) is 4.62. The van der Waals surface area contributed by atoms with Gasteiger partial charge in [0, 0.05) is 27.5 Å². The van der Waals surface area contributed by atoms with Gasteiger partial charge in [0.25, 0.3) is 0 Å². The minimum absolute atomic E-state index is 0. The summed E-state index contributed by atoms with van der Waals surface area (Å²) in [5.74, 6) is -0.739. The zero-order chi connectivity index (χ0) is 17.1. The zero-order valence-corrected chi connectivity index (χ0v) is 17.5. The first-order valence-corrected chi connectivity index (χ1v) is 8.01. The van der Waals surface area contributed by atoms with Crippen LogP contribution >= 0.6 is 0 Å². The molecule has 1 saturated heterocycles. The van der Waals surface area contributed by atoms with Crippen molar-refractivity contribution in [2.45, 2.75) is 59.9 Å². The molecule has 1 aliphatic carbocycles. The number of hydrogen-bond donors (Lipinski definition) is 2. The van der Waals surface area contributed by atoms with Crippen LogP contribution in [0.15, 0.2) is 17.7 Å². The fourth-order valence-electron chi connectivity index (χ4n) is 1.96. The molecule has 1 fully saturated rings. The summed E-state index contributed by atoms with van der Waals surface area (Å²) in [7, 11) is 0. The Balaban J connectivity index is 0. The van der Waals surface area contributed by atoms with Crippen LogP contribution in [-0.4, -0.2) is 23.8 Å². The SMILES string of the molecule is CC.CC.CC1C=C(C(=O)NC2CCC(=O)NC2=O)[C-]=CC1.[W]. The average Bonchev–Trinajstić information content (AvgIpc) is 2.54. The molecule has 0 aromatic carbocycles. The molecule has 0 aromatic heterocycles. The Hall–Kier alpha value is -1.22. The van der Waals surface area contributed by atoms with Crippen molar-refractivity contribution in [2.75, 3.05) is 0 Å². The van der Waals surface area contributed by atoms with Crippen molar-refractivity contribution in [3.63, 3.8) is 0 Å². The molecule has 2 atom stereocenters. The summed E-state index contributed by atoms with van der Waals surface area (Å²) < 4.78 is 0. The van der Waals surface area contributed by atoms with E-state index in [0.717, 1.165) is 6.42 Å². The molecule has 6 heteroatoms. The summed E-state index contributed by atoms with van der Waals surface area (Å²) in [4.78, 5) is 34.4. The normalized spacial score (nSPS) is 22.0. The summed E-state index contributed by atoms with van der Waals surface area (Å²) in [6.45, 7) is 10.0. The van der Waals surface area contributed by atoms with E-state index in [9.17, 15) is 14.4 Å². The van der Waals surface area contributed by atoms with Gasteiger partial charge in [0.05, 0.1) is 6.04 Å². The molecule has 2 N–H and O–H groups in total. The number of allylic oxidation sites excluding steroid dienone is 2. The van der Waals surface area contributed by atoms with Crippen molar-refractivity contribution in [1.82, 2.24) is 10.6 Å². The predicted molar refractivity (Wildman–Crippen MR) is 86.7 cm³/mol. The van der Waals surface area contributed by atoms with Crippen LogP contribution in [0.1, 0.15) is 53.9 Å². The summed E-state index contributed by atoms with van der Waals surface area (Å²) in [5.41, 5.74) is 0.457. The first-order valence-electron chi connectivity index (χ1n) is 8.01. The van der Waals surface area contributed by atoms with E-state index in [1.807, 2.05) is 46.8 Å². The maximum atomic E-state index is 11.9. The molecular formula is C17H27N2O3W-. The van der Waals surface area contributed by atoms with E-state index in [-0.39, 0.29) is 39.3 Å². The van der Waals surface area contributed by atoms with Gasteiger partial charge < -0.3 is 10.1 Å². The van der Waals surface area contributed by atoms with Crippen LogP contribution in [-0.2, 0) is 35.4 Å². The van der Waals surface area contributed by atoms with Gasteiger partial charge >= 0.3 is 0 Å². The molecular weight excluding hydrogens is 464 g/mol. The maximum Gasteiger partial charge on any atom is 0.248 e. The standard InChI is InChI=1S/C13H15N2O3.2C2H6.W/c1-8-3-2-4-9(7-8)12(17)14-10-5-6-11(16)15-13(10)18;2*1-2;/h2,7-8,10H,3,5-6H2,1H3,(H,14,17)(H,15,16,18);2*1-2H3;/q-1;;;. The van der Waals surface area contributed by atoms with Crippen molar-refractivity contribution in [2.24, 2.45) is 5.92 Å². The quantitative estimate of drug-likeness (QED) is 0.460. The number of rotatable bonds is 2. The second-order valence-electron chi connectivity index (χ2n) is 4.62. The maximum absolute atomic E-state index is 11.9.